The molecule has 2 rings (SSSR count). The lowest BCUT2D eigenvalue weighted by atomic mass is 10.2. The zero-order valence-electron chi connectivity index (χ0n) is 9.42. The van der Waals surface area contributed by atoms with E-state index < -0.39 is 12.0 Å². The van der Waals surface area contributed by atoms with Crippen LogP contribution in [0.15, 0.2) is 0 Å². The van der Waals surface area contributed by atoms with Gasteiger partial charge in [-0.1, -0.05) is 0 Å². The highest BCUT2D eigenvalue weighted by Crippen LogP contribution is 2.30. The molecule has 17 heavy (non-hydrogen) atoms. The predicted octanol–water partition coefficient (Wildman–Crippen LogP) is 1.84. The molecule has 0 spiro atoms. The van der Waals surface area contributed by atoms with Crippen LogP contribution in [-0.4, -0.2) is 25.0 Å². The van der Waals surface area contributed by atoms with Crippen LogP contribution in [0, 0.1) is 13.8 Å². The largest absolute Gasteiger partial charge is 0.453 e. The van der Waals surface area contributed by atoms with Crippen molar-refractivity contribution in [1.82, 2.24) is 25.0 Å². The molecule has 1 N–H and O–H groups in total. The normalized spacial score (nSPS) is 12.1. The van der Waals surface area contributed by atoms with E-state index in [2.05, 4.69) is 20.3 Å². The Hall–Kier alpha value is -1.86. The van der Waals surface area contributed by atoms with Crippen LogP contribution >= 0.6 is 0 Å². The van der Waals surface area contributed by atoms with Crippen molar-refractivity contribution in [3.8, 4) is 11.4 Å². The Morgan fingerprint density at radius 3 is 2.29 bits per heavy atom. The van der Waals surface area contributed by atoms with Crippen molar-refractivity contribution in [3.63, 3.8) is 0 Å². The molecular weight excluding hydrogens is 235 g/mol. The van der Waals surface area contributed by atoms with Crippen molar-refractivity contribution in [2.24, 2.45) is 7.05 Å². The molecule has 0 aliphatic heterocycles. The smallest absolute Gasteiger partial charge is 0.282 e. The standard InChI is InChI=1S/C9H10F3N5/c1-4-6(5(2)15-14-4)7-13-8(9(10,11)12)16-17(7)3/h1-3H3,(H,14,15). The van der Waals surface area contributed by atoms with Crippen LogP contribution in [0.3, 0.4) is 0 Å². The summed E-state index contributed by atoms with van der Waals surface area (Å²) in [5.74, 6) is -0.990. The number of aromatic amines is 1. The fourth-order valence-electron chi connectivity index (χ4n) is 1.60. The van der Waals surface area contributed by atoms with Gasteiger partial charge in [-0.15, -0.1) is 5.10 Å². The first kappa shape index (κ1) is 11.6. The number of alkyl halides is 3. The Bertz CT molecular complexity index is 532. The summed E-state index contributed by atoms with van der Waals surface area (Å²) in [4.78, 5) is 3.51. The summed E-state index contributed by atoms with van der Waals surface area (Å²) < 4.78 is 38.5. The van der Waals surface area contributed by atoms with Crippen LogP contribution in [0.2, 0.25) is 0 Å². The second-order valence-corrected chi connectivity index (χ2v) is 3.69. The zero-order valence-corrected chi connectivity index (χ0v) is 9.42. The molecule has 5 nitrogen and oxygen atoms in total. The molecule has 2 heterocycles. The van der Waals surface area contributed by atoms with E-state index in [0.717, 1.165) is 4.68 Å². The molecule has 0 radical (unpaired) electrons. The Morgan fingerprint density at radius 2 is 1.88 bits per heavy atom. The highest BCUT2D eigenvalue weighted by Gasteiger charge is 2.37. The SMILES string of the molecule is Cc1n[nH]c(C)c1-c1nc(C(F)(F)F)nn1C. The highest BCUT2D eigenvalue weighted by atomic mass is 19.4. The number of hydrogen-bond donors (Lipinski definition) is 1. The third-order valence-electron chi connectivity index (χ3n) is 2.37. The molecule has 2 aromatic heterocycles. The minimum Gasteiger partial charge on any atom is -0.282 e. The van der Waals surface area contributed by atoms with E-state index in [1.165, 1.54) is 7.05 Å². The molecule has 0 atom stereocenters. The first-order valence-corrected chi connectivity index (χ1v) is 4.81. The molecule has 0 saturated heterocycles. The van der Waals surface area contributed by atoms with Crippen molar-refractivity contribution in [1.29, 1.82) is 0 Å². The van der Waals surface area contributed by atoms with Gasteiger partial charge in [0, 0.05) is 12.7 Å². The minimum atomic E-state index is -4.54. The summed E-state index contributed by atoms with van der Waals surface area (Å²) in [5, 5.41) is 9.97. The summed E-state index contributed by atoms with van der Waals surface area (Å²) in [6, 6.07) is 0. The summed E-state index contributed by atoms with van der Waals surface area (Å²) in [6.45, 7) is 3.41. The monoisotopic (exact) mass is 245 g/mol. The van der Waals surface area contributed by atoms with Crippen LogP contribution in [0.4, 0.5) is 13.2 Å². The molecule has 0 aliphatic rings. The van der Waals surface area contributed by atoms with E-state index in [1.807, 2.05) is 0 Å². The fraction of sp³-hybridized carbons (Fsp3) is 0.444. The molecule has 0 aromatic carbocycles. The van der Waals surface area contributed by atoms with Gasteiger partial charge in [-0.2, -0.15) is 18.3 Å². The van der Waals surface area contributed by atoms with Crippen molar-refractivity contribution in [2.75, 3.05) is 0 Å². The first-order valence-electron chi connectivity index (χ1n) is 4.81. The van der Waals surface area contributed by atoms with Gasteiger partial charge in [-0.25, -0.2) is 9.67 Å². The Morgan fingerprint density at radius 1 is 1.24 bits per heavy atom. The maximum Gasteiger partial charge on any atom is 0.453 e. The number of H-pyrrole nitrogens is 1. The van der Waals surface area contributed by atoms with Crippen molar-refractivity contribution < 1.29 is 13.2 Å². The number of aromatic nitrogens is 5. The summed E-state index contributed by atoms with van der Waals surface area (Å²) >= 11 is 0. The Balaban J connectivity index is 2.58. The van der Waals surface area contributed by atoms with E-state index in [-0.39, 0.29) is 5.82 Å². The molecule has 0 unspecified atom stereocenters. The zero-order chi connectivity index (χ0) is 12.8. The third-order valence-corrected chi connectivity index (χ3v) is 2.37. The van der Waals surface area contributed by atoms with Gasteiger partial charge in [0.25, 0.3) is 5.82 Å². The lowest BCUT2D eigenvalue weighted by molar-refractivity contribution is -0.144. The number of aryl methyl sites for hydroxylation is 3. The molecule has 0 fully saturated rings. The van der Waals surface area contributed by atoms with Gasteiger partial charge < -0.3 is 0 Å². The van der Waals surface area contributed by atoms with E-state index in [0.29, 0.717) is 17.0 Å². The Labute approximate surface area is 94.7 Å². The van der Waals surface area contributed by atoms with Crippen LogP contribution in [0.25, 0.3) is 11.4 Å². The molecule has 92 valence electrons. The lowest BCUT2D eigenvalue weighted by Crippen LogP contribution is -2.08. The quantitative estimate of drug-likeness (QED) is 0.833. The predicted molar refractivity (Wildman–Crippen MR) is 53.1 cm³/mol. The molecule has 8 heteroatoms. The first-order chi connectivity index (χ1) is 7.80. The number of nitrogens with zero attached hydrogens (tertiary/aromatic N) is 4. The Kier molecular flexibility index (Phi) is 2.44. The molecule has 0 aliphatic carbocycles. The minimum absolute atomic E-state index is 0.154. The van der Waals surface area contributed by atoms with E-state index in [4.69, 9.17) is 0 Å². The van der Waals surface area contributed by atoms with Crippen molar-refractivity contribution >= 4 is 0 Å². The highest BCUT2D eigenvalue weighted by molar-refractivity contribution is 5.61. The maximum atomic E-state index is 12.5. The second-order valence-electron chi connectivity index (χ2n) is 3.69. The maximum absolute atomic E-state index is 12.5. The van der Waals surface area contributed by atoms with E-state index in [1.54, 1.807) is 13.8 Å². The number of nitrogens with one attached hydrogen (secondary N) is 1. The van der Waals surface area contributed by atoms with Gasteiger partial charge in [-0.3, -0.25) is 5.10 Å². The molecule has 0 amide bonds. The summed E-state index contributed by atoms with van der Waals surface area (Å²) in [5.41, 5.74) is 1.80. The number of hydrogen-bond acceptors (Lipinski definition) is 3. The lowest BCUT2D eigenvalue weighted by Gasteiger charge is -1.98. The average molecular weight is 245 g/mol. The number of halogens is 3. The van der Waals surface area contributed by atoms with Crippen LogP contribution in [0.5, 0.6) is 0 Å². The number of rotatable bonds is 1. The summed E-state index contributed by atoms with van der Waals surface area (Å²) in [6.07, 6.45) is -4.54. The topological polar surface area (TPSA) is 59.4 Å². The van der Waals surface area contributed by atoms with Gasteiger partial charge >= 0.3 is 6.18 Å². The molecular formula is C9H10F3N5. The second kappa shape index (κ2) is 3.57. The van der Waals surface area contributed by atoms with Crippen LogP contribution < -0.4 is 0 Å². The fourth-order valence-corrected chi connectivity index (χ4v) is 1.60. The van der Waals surface area contributed by atoms with Crippen LogP contribution in [0.1, 0.15) is 17.2 Å². The van der Waals surface area contributed by atoms with Gasteiger partial charge in [0.05, 0.1) is 11.3 Å². The van der Waals surface area contributed by atoms with Crippen LogP contribution in [-0.2, 0) is 13.2 Å². The summed E-state index contributed by atoms with van der Waals surface area (Å²) in [7, 11) is 1.42. The van der Waals surface area contributed by atoms with Gasteiger partial charge in [0.1, 0.15) is 0 Å². The average Bonchev–Trinajstić information content (AvgIpc) is 2.70. The van der Waals surface area contributed by atoms with Crippen molar-refractivity contribution in [2.45, 2.75) is 20.0 Å². The van der Waals surface area contributed by atoms with E-state index in [9.17, 15) is 13.2 Å². The van der Waals surface area contributed by atoms with E-state index >= 15 is 0 Å². The van der Waals surface area contributed by atoms with Gasteiger partial charge in [0.2, 0.25) is 0 Å². The van der Waals surface area contributed by atoms with Gasteiger partial charge in [-0.05, 0) is 13.8 Å². The molecule has 0 saturated carbocycles. The van der Waals surface area contributed by atoms with Gasteiger partial charge in [0.15, 0.2) is 5.82 Å². The third kappa shape index (κ3) is 1.90. The molecule has 2 aromatic rings. The van der Waals surface area contributed by atoms with Crippen molar-refractivity contribution in [3.05, 3.63) is 17.2 Å². The molecule has 0 bridgehead atoms.